The Balaban J connectivity index is 2.35. The largest absolute Gasteiger partial charge is 0.491 e. The summed E-state index contributed by atoms with van der Waals surface area (Å²) >= 11 is 0. The minimum Gasteiger partial charge on any atom is -0.491 e. The van der Waals surface area contributed by atoms with Crippen LogP contribution in [0.1, 0.15) is 19.4 Å². The molecule has 4 heteroatoms. The number of aliphatic hydroxyl groups is 1. The van der Waals surface area contributed by atoms with Crippen LogP contribution in [0.2, 0.25) is 0 Å². The van der Waals surface area contributed by atoms with Crippen molar-refractivity contribution in [3.05, 3.63) is 29.8 Å². The van der Waals surface area contributed by atoms with Gasteiger partial charge in [-0.05, 0) is 24.1 Å². The van der Waals surface area contributed by atoms with Gasteiger partial charge in [0, 0.05) is 19.7 Å². The van der Waals surface area contributed by atoms with E-state index in [2.05, 4.69) is 5.32 Å². The molecule has 0 heterocycles. The molecule has 0 amide bonds. The summed E-state index contributed by atoms with van der Waals surface area (Å²) in [7, 11) is 1.69. The lowest BCUT2D eigenvalue weighted by atomic mass is 10.1. The van der Waals surface area contributed by atoms with E-state index in [1.54, 1.807) is 7.11 Å². The topological polar surface area (TPSA) is 50.7 Å². The van der Waals surface area contributed by atoms with Gasteiger partial charge in [0.2, 0.25) is 0 Å². The van der Waals surface area contributed by atoms with E-state index in [1.807, 2.05) is 38.1 Å². The number of ether oxygens (including phenoxy) is 2. The molecule has 0 aliphatic heterocycles. The van der Waals surface area contributed by atoms with Crippen LogP contribution in [0.25, 0.3) is 0 Å². The molecule has 108 valence electrons. The van der Waals surface area contributed by atoms with Gasteiger partial charge in [0.1, 0.15) is 18.5 Å². The molecule has 1 unspecified atom stereocenters. The lowest BCUT2D eigenvalue weighted by molar-refractivity contribution is 0.104. The van der Waals surface area contributed by atoms with Gasteiger partial charge >= 0.3 is 0 Å². The molecule has 0 saturated heterocycles. The maximum atomic E-state index is 9.76. The van der Waals surface area contributed by atoms with E-state index in [0.717, 1.165) is 12.2 Å². The van der Waals surface area contributed by atoms with Gasteiger partial charge in [0.05, 0.1) is 6.61 Å². The number of methoxy groups -OCH3 is 1. The summed E-state index contributed by atoms with van der Waals surface area (Å²) < 4.78 is 10.6. The van der Waals surface area contributed by atoms with Gasteiger partial charge in [0.25, 0.3) is 0 Å². The summed E-state index contributed by atoms with van der Waals surface area (Å²) in [4.78, 5) is 0. The maximum absolute atomic E-state index is 9.76. The highest BCUT2D eigenvalue weighted by molar-refractivity contribution is 5.28. The van der Waals surface area contributed by atoms with Crippen molar-refractivity contribution in [2.45, 2.75) is 32.4 Å². The summed E-state index contributed by atoms with van der Waals surface area (Å²) in [5.41, 5.74) is 1.18. The van der Waals surface area contributed by atoms with Crippen LogP contribution in [0.5, 0.6) is 5.75 Å². The average molecular weight is 267 g/mol. The van der Waals surface area contributed by atoms with Crippen LogP contribution in [-0.4, -0.2) is 44.1 Å². The van der Waals surface area contributed by atoms with Gasteiger partial charge in [-0.25, -0.2) is 0 Å². The standard InChI is InChI=1S/C15H25NO3/c1-12(2)16-10-14(17)11-19-15-6-4-5-13(9-15)7-8-18-3/h4-6,9,12,14,16-17H,7-8,10-11H2,1-3H3. The zero-order valence-electron chi connectivity index (χ0n) is 12.1. The summed E-state index contributed by atoms with van der Waals surface area (Å²) in [6.07, 6.45) is 0.371. The van der Waals surface area contributed by atoms with Gasteiger partial charge in [-0.15, -0.1) is 0 Å². The van der Waals surface area contributed by atoms with E-state index < -0.39 is 6.10 Å². The van der Waals surface area contributed by atoms with Crippen molar-refractivity contribution >= 4 is 0 Å². The summed E-state index contributed by atoms with van der Waals surface area (Å²) in [5, 5.41) is 12.9. The molecule has 0 radical (unpaired) electrons. The highest BCUT2D eigenvalue weighted by atomic mass is 16.5. The van der Waals surface area contributed by atoms with E-state index in [1.165, 1.54) is 5.56 Å². The first-order valence-corrected chi connectivity index (χ1v) is 6.74. The van der Waals surface area contributed by atoms with Crippen LogP contribution >= 0.6 is 0 Å². The second-order valence-corrected chi connectivity index (χ2v) is 4.92. The Morgan fingerprint density at radius 1 is 1.32 bits per heavy atom. The molecule has 0 spiro atoms. The Morgan fingerprint density at radius 2 is 2.11 bits per heavy atom. The third kappa shape index (κ3) is 7.15. The predicted molar refractivity (Wildman–Crippen MR) is 76.7 cm³/mol. The molecular weight excluding hydrogens is 242 g/mol. The first-order chi connectivity index (χ1) is 9.11. The zero-order chi connectivity index (χ0) is 14.1. The molecule has 1 rings (SSSR count). The fourth-order valence-corrected chi connectivity index (χ4v) is 1.63. The first kappa shape index (κ1) is 16.0. The molecule has 4 nitrogen and oxygen atoms in total. The molecule has 0 saturated carbocycles. The average Bonchev–Trinajstić information content (AvgIpc) is 2.41. The van der Waals surface area contributed by atoms with E-state index >= 15 is 0 Å². The molecule has 19 heavy (non-hydrogen) atoms. The Bertz CT molecular complexity index is 355. The number of nitrogens with one attached hydrogen (secondary N) is 1. The van der Waals surface area contributed by atoms with Crippen LogP contribution in [0.3, 0.4) is 0 Å². The second kappa shape index (κ2) is 8.91. The molecule has 2 N–H and O–H groups in total. The Kier molecular flexibility index (Phi) is 7.48. The minimum atomic E-state index is -0.495. The van der Waals surface area contributed by atoms with Gasteiger partial charge in [-0.2, -0.15) is 0 Å². The summed E-state index contributed by atoms with van der Waals surface area (Å²) in [6, 6.07) is 8.26. The molecule has 0 aliphatic rings. The van der Waals surface area contributed by atoms with Crippen molar-refractivity contribution in [2.24, 2.45) is 0 Å². The molecule has 1 atom stereocenters. The van der Waals surface area contributed by atoms with Crippen LogP contribution in [0.15, 0.2) is 24.3 Å². The van der Waals surface area contributed by atoms with Crippen LogP contribution in [-0.2, 0) is 11.2 Å². The van der Waals surface area contributed by atoms with E-state index in [-0.39, 0.29) is 0 Å². The van der Waals surface area contributed by atoms with Crippen molar-refractivity contribution in [3.63, 3.8) is 0 Å². The third-order valence-corrected chi connectivity index (χ3v) is 2.70. The van der Waals surface area contributed by atoms with Crippen molar-refractivity contribution < 1.29 is 14.6 Å². The normalized spacial score (nSPS) is 12.7. The van der Waals surface area contributed by atoms with Crippen molar-refractivity contribution in [1.29, 1.82) is 0 Å². The van der Waals surface area contributed by atoms with Crippen molar-refractivity contribution in [2.75, 3.05) is 26.9 Å². The van der Waals surface area contributed by atoms with Crippen LogP contribution in [0.4, 0.5) is 0 Å². The third-order valence-electron chi connectivity index (χ3n) is 2.70. The van der Waals surface area contributed by atoms with Crippen molar-refractivity contribution in [1.82, 2.24) is 5.32 Å². The molecule has 0 fully saturated rings. The quantitative estimate of drug-likeness (QED) is 0.714. The highest BCUT2D eigenvalue weighted by Crippen LogP contribution is 2.14. The van der Waals surface area contributed by atoms with Crippen LogP contribution < -0.4 is 10.1 Å². The van der Waals surface area contributed by atoms with Crippen LogP contribution in [0, 0.1) is 0 Å². The zero-order valence-corrected chi connectivity index (χ0v) is 12.1. The number of rotatable bonds is 9. The number of benzene rings is 1. The fourth-order valence-electron chi connectivity index (χ4n) is 1.63. The summed E-state index contributed by atoms with van der Waals surface area (Å²) in [5.74, 6) is 0.789. The highest BCUT2D eigenvalue weighted by Gasteiger charge is 2.06. The first-order valence-electron chi connectivity index (χ1n) is 6.74. The molecule has 0 aliphatic carbocycles. The molecule has 1 aromatic carbocycles. The number of hydrogen-bond acceptors (Lipinski definition) is 4. The Labute approximate surface area is 115 Å². The maximum Gasteiger partial charge on any atom is 0.119 e. The molecule has 0 aromatic heterocycles. The molecule has 0 bridgehead atoms. The van der Waals surface area contributed by atoms with E-state index in [9.17, 15) is 5.11 Å². The van der Waals surface area contributed by atoms with Gasteiger partial charge in [-0.3, -0.25) is 0 Å². The smallest absolute Gasteiger partial charge is 0.119 e. The van der Waals surface area contributed by atoms with Crippen molar-refractivity contribution in [3.8, 4) is 5.75 Å². The lowest BCUT2D eigenvalue weighted by Gasteiger charge is -2.15. The SMILES string of the molecule is COCCc1cccc(OCC(O)CNC(C)C)c1. The Hall–Kier alpha value is -1.10. The summed E-state index contributed by atoms with van der Waals surface area (Å²) in [6.45, 7) is 5.64. The fraction of sp³-hybridized carbons (Fsp3) is 0.600. The Morgan fingerprint density at radius 3 is 2.79 bits per heavy atom. The number of hydrogen-bond donors (Lipinski definition) is 2. The van der Waals surface area contributed by atoms with E-state index in [4.69, 9.17) is 9.47 Å². The molecule has 1 aromatic rings. The lowest BCUT2D eigenvalue weighted by Crippen LogP contribution is -2.35. The van der Waals surface area contributed by atoms with Gasteiger partial charge < -0.3 is 19.9 Å². The van der Waals surface area contributed by atoms with E-state index in [0.29, 0.717) is 25.8 Å². The second-order valence-electron chi connectivity index (χ2n) is 4.92. The van der Waals surface area contributed by atoms with Gasteiger partial charge in [0.15, 0.2) is 0 Å². The van der Waals surface area contributed by atoms with Gasteiger partial charge in [-0.1, -0.05) is 26.0 Å². The molecular formula is C15H25NO3. The monoisotopic (exact) mass is 267 g/mol. The number of aliphatic hydroxyl groups excluding tert-OH is 1. The predicted octanol–water partition coefficient (Wildman–Crippen LogP) is 1.61. The minimum absolute atomic E-state index is 0.299.